The lowest BCUT2D eigenvalue weighted by atomic mass is 9.91. The minimum Gasteiger partial charge on any atom is -0.454 e. The molecule has 1 aromatic rings. The highest BCUT2D eigenvalue weighted by molar-refractivity contribution is 9.10. The summed E-state index contributed by atoms with van der Waals surface area (Å²) in [4.78, 5) is 0. The van der Waals surface area contributed by atoms with Crippen molar-refractivity contribution in [3.8, 4) is 11.5 Å². The lowest BCUT2D eigenvalue weighted by Gasteiger charge is -2.25. The summed E-state index contributed by atoms with van der Waals surface area (Å²) in [6.07, 6.45) is 4.01. The molecule has 0 bridgehead atoms. The molecule has 104 valence electrons. The fourth-order valence-corrected chi connectivity index (χ4v) is 3.55. The molecule has 4 nitrogen and oxygen atoms in total. The van der Waals surface area contributed by atoms with Gasteiger partial charge in [0, 0.05) is 4.47 Å². The van der Waals surface area contributed by atoms with Crippen molar-refractivity contribution >= 4 is 15.9 Å². The van der Waals surface area contributed by atoms with Crippen molar-refractivity contribution in [2.45, 2.75) is 37.8 Å². The first-order valence-electron chi connectivity index (χ1n) is 6.69. The Morgan fingerprint density at radius 1 is 1.21 bits per heavy atom. The monoisotopic (exact) mass is 327 g/mol. The van der Waals surface area contributed by atoms with E-state index in [-0.39, 0.29) is 6.79 Å². The molecule has 2 aliphatic rings. The molecule has 1 aliphatic heterocycles. The van der Waals surface area contributed by atoms with Gasteiger partial charge in [-0.1, -0.05) is 28.8 Å². The maximum absolute atomic E-state index is 10.4. The zero-order valence-electron chi connectivity index (χ0n) is 10.6. The van der Waals surface area contributed by atoms with Crippen LogP contribution in [0.3, 0.4) is 0 Å². The number of ether oxygens (including phenoxy) is 2. The topological polar surface area (TPSA) is 64.7 Å². The van der Waals surface area contributed by atoms with Gasteiger partial charge in [0.1, 0.15) is 0 Å². The highest BCUT2D eigenvalue weighted by Gasteiger charge is 2.30. The van der Waals surface area contributed by atoms with E-state index < -0.39 is 12.1 Å². The third-order valence-corrected chi connectivity index (χ3v) is 4.79. The Balaban J connectivity index is 1.84. The van der Waals surface area contributed by atoms with Gasteiger partial charge < -0.3 is 20.3 Å². The van der Waals surface area contributed by atoms with Gasteiger partial charge in [0.25, 0.3) is 0 Å². The number of hydrogen-bond acceptors (Lipinski definition) is 4. The molecule has 0 saturated heterocycles. The van der Waals surface area contributed by atoms with Crippen LogP contribution in [0.4, 0.5) is 0 Å². The predicted octanol–water partition coefficient (Wildman–Crippen LogP) is 2.73. The first-order chi connectivity index (χ1) is 9.16. The molecule has 1 heterocycles. The number of rotatable bonds is 3. The summed E-state index contributed by atoms with van der Waals surface area (Å²) in [6.45, 7) is 0.242. The van der Waals surface area contributed by atoms with E-state index in [4.69, 9.17) is 15.2 Å². The molecule has 1 aliphatic carbocycles. The Hall–Kier alpha value is -0.780. The van der Waals surface area contributed by atoms with Gasteiger partial charge >= 0.3 is 0 Å². The Bertz CT molecular complexity index is 474. The average molecular weight is 328 g/mol. The molecular formula is C14H18BrNO3. The van der Waals surface area contributed by atoms with Gasteiger partial charge in [-0.25, -0.2) is 0 Å². The molecule has 5 heteroatoms. The van der Waals surface area contributed by atoms with Crippen molar-refractivity contribution < 1.29 is 14.6 Å². The van der Waals surface area contributed by atoms with Crippen LogP contribution in [0.1, 0.15) is 37.3 Å². The van der Waals surface area contributed by atoms with Gasteiger partial charge in [-0.3, -0.25) is 0 Å². The van der Waals surface area contributed by atoms with Gasteiger partial charge in [-0.2, -0.15) is 0 Å². The van der Waals surface area contributed by atoms with Crippen LogP contribution in [0.2, 0.25) is 0 Å². The summed E-state index contributed by atoms with van der Waals surface area (Å²) in [6, 6.07) is 3.33. The second kappa shape index (κ2) is 5.31. The van der Waals surface area contributed by atoms with Gasteiger partial charge in [-0.15, -0.1) is 0 Å². The molecular weight excluding hydrogens is 310 g/mol. The summed E-state index contributed by atoms with van der Waals surface area (Å²) < 4.78 is 11.6. The van der Waals surface area contributed by atoms with Crippen LogP contribution >= 0.6 is 15.9 Å². The standard InChI is InChI=1S/C14H18BrNO3/c15-10-6-12-11(18-7-19-12)5-9(10)13(16)14(17)8-3-1-2-4-8/h5-6,8,13-14,17H,1-4,7,16H2/t13-,14+/m0/s1. The van der Waals surface area contributed by atoms with Crippen molar-refractivity contribution in [2.24, 2.45) is 11.7 Å². The summed E-state index contributed by atoms with van der Waals surface area (Å²) in [7, 11) is 0. The number of fused-ring (bicyclic) bond motifs is 1. The lowest BCUT2D eigenvalue weighted by molar-refractivity contribution is 0.0842. The Morgan fingerprint density at radius 2 is 1.84 bits per heavy atom. The van der Waals surface area contributed by atoms with Gasteiger partial charge in [0.15, 0.2) is 11.5 Å². The zero-order valence-corrected chi connectivity index (χ0v) is 12.2. The predicted molar refractivity (Wildman–Crippen MR) is 75.2 cm³/mol. The van der Waals surface area contributed by atoms with Crippen molar-refractivity contribution in [3.05, 3.63) is 22.2 Å². The molecule has 1 fully saturated rings. The summed E-state index contributed by atoms with van der Waals surface area (Å²) >= 11 is 3.50. The van der Waals surface area contributed by atoms with E-state index in [1.165, 1.54) is 12.8 Å². The molecule has 0 amide bonds. The molecule has 1 aromatic carbocycles. The lowest BCUT2D eigenvalue weighted by Crippen LogP contribution is -2.32. The fourth-order valence-electron chi connectivity index (χ4n) is 2.96. The number of hydrogen-bond donors (Lipinski definition) is 2. The van der Waals surface area contributed by atoms with E-state index in [1.807, 2.05) is 12.1 Å². The molecule has 3 N–H and O–H groups in total. The van der Waals surface area contributed by atoms with Crippen LogP contribution in [-0.4, -0.2) is 18.0 Å². The van der Waals surface area contributed by atoms with Crippen LogP contribution in [0.15, 0.2) is 16.6 Å². The van der Waals surface area contributed by atoms with E-state index in [0.717, 1.165) is 28.6 Å². The molecule has 2 atom stereocenters. The van der Waals surface area contributed by atoms with E-state index in [2.05, 4.69) is 15.9 Å². The Labute approximate surface area is 121 Å². The van der Waals surface area contributed by atoms with Crippen LogP contribution in [0.5, 0.6) is 11.5 Å². The average Bonchev–Trinajstić information content (AvgIpc) is 3.06. The SMILES string of the molecule is N[C@@H](c1cc2c(cc1Br)OCO2)[C@H](O)C1CCCC1. The maximum atomic E-state index is 10.4. The van der Waals surface area contributed by atoms with Crippen LogP contribution in [0.25, 0.3) is 0 Å². The second-order valence-electron chi connectivity index (χ2n) is 5.29. The molecule has 0 radical (unpaired) electrons. The molecule has 3 rings (SSSR count). The second-order valence-corrected chi connectivity index (χ2v) is 6.14. The number of aliphatic hydroxyl groups is 1. The third kappa shape index (κ3) is 2.47. The fraction of sp³-hybridized carbons (Fsp3) is 0.571. The van der Waals surface area contributed by atoms with Crippen LogP contribution < -0.4 is 15.2 Å². The zero-order chi connectivity index (χ0) is 13.4. The van der Waals surface area contributed by atoms with Crippen LogP contribution in [0, 0.1) is 5.92 Å². The Morgan fingerprint density at radius 3 is 2.53 bits per heavy atom. The van der Waals surface area contributed by atoms with Gasteiger partial charge in [-0.05, 0) is 36.5 Å². The first-order valence-corrected chi connectivity index (χ1v) is 7.49. The smallest absolute Gasteiger partial charge is 0.231 e. The maximum Gasteiger partial charge on any atom is 0.231 e. The highest BCUT2D eigenvalue weighted by atomic mass is 79.9. The largest absolute Gasteiger partial charge is 0.454 e. The number of nitrogens with two attached hydrogens (primary N) is 1. The van der Waals surface area contributed by atoms with Crippen LogP contribution in [-0.2, 0) is 0 Å². The van der Waals surface area contributed by atoms with E-state index in [1.54, 1.807) is 0 Å². The quantitative estimate of drug-likeness (QED) is 0.895. The molecule has 0 unspecified atom stereocenters. The van der Waals surface area contributed by atoms with Crippen molar-refractivity contribution in [3.63, 3.8) is 0 Å². The summed E-state index contributed by atoms with van der Waals surface area (Å²) in [5.41, 5.74) is 7.12. The summed E-state index contributed by atoms with van der Waals surface area (Å²) in [5, 5.41) is 10.4. The molecule has 1 saturated carbocycles. The number of aliphatic hydroxyl groups excluding tert-OH is 1. The minimum absolute atomic E-state index is 0.242. The van der Waals surface area contributed by atoms with E-state index in [0.29, 0.717) is 11.7 Å². The number of benzene rings is 1. The number of halogens is 1. The first kappa shape index (κ1) is 13.2. The molecule has 0 spiro atoms. The summed E-state index contributed by atoms with van der Waals surface area (Å²) in [5.74, 6) is 1.73. The van der Waals surface area contributed by atoms with Crippen molar-refractivity contribution in [1.82, 2.24) is 0 Å². The normalized spacial score (nSPS) is 21.6. The van der Waals surface area contributed by atoms with Crippen molar-refractivity contribution in [2.75, 3.05) is 6.79 Å². The van der Waals surface area contributed by atoms with Gasteiger partial charge in [0.2, 0.25) is 6.79 Å². The third-order valence-electron chi connectivity index (χ3n) is 4.10. The Kier molecular flexibility index (Phi) is 3.69. The molecule has 19 heavy (non-hydrogen) atoms. The van der Waals surface area contributed by atoms with E-state index >= 15 is 0 Å². The van der Waals surface area contributed by atoms with Gasteiger partial charge in [0.05, 0.1) is 12.1 Å². The minimum atomic E-state index is -0.501. The highest BCUT2D eigenvalue weighted by Crippen LogP contribution is 2.41. The molecule has 0 aromatic heterocycles. The van der Waals surface area contributed by atoms with Crippen molar-refractivity contribution in [1.29, 1.82) is 0 Å². The van der Waals surface area contributed by atoms with E-state index in [9.17, 15) is 5.11 Å².